The lowest BCUT2D eigenvalue weighted by Crippen LogP contribution is -2.28. The van der Waals surface area contributed by atoms with Gasteiger partial charge in [-0.1, -0.05) is 6.07 Å². The molecule has 0 spiro atoms. The number of nitrogens with one attached hydrogen (secondary N) is 1. The fourth-order valence-electron chi connectivity index (χ4n) is 1.73. The Morgan fingerprint density at radius 3 is 2.57 bits per heavy atom. The molecule has 2 rings (SSSR count). The second-order valence-corrected chi connectivity index (χ2v) is 4.29. The van der Waals surface area contributed by atoms with E-state index in [1.54, 1.807) is 43.5 Å². The third kappa shape index (κ3) is 4.49. The van der Waals surface area contributed by atoms with Crippen molar-refractivity contribution in [1.82, 2.24) is 5.32 Å². The lowest BCUT2D eigenvalue weighted by atomic mass is 10.2. The summed E-state index contributed by atoms with van der Waals surface area (Å²) in [6, 6.07) is 12.7. The average molecular weight is 289 g/mol. The molecule has 1 N–H and O–H groups in total. The number of hydrogen-bond acceptors (Lipinski definition) is 3. The first-order valence-corrected chi connectivity index (χ1v) is 6.49. The zero-order valence-corrected chi connectivity index (χ0v) is 11.6. The van der Waals surface area contributed by atoms with Crippen LogP contribution in [0.4, 0.5) is 4.39 Å². The minimum Gasteiger partial charge on any atom is -0.497 e. The van der Waals surface area contributed by atoms with E-state index in [0.29, 0.717) is 23.6 Å². The maximum atomic E-state index is 12.9. The Hall–Kier alpha value is -2.56. The number of carbonyl (C=O) groups excluding carboxylic acids is 1. The van der Waals surface area contributed by atoms with Crippen molar-refractivity contribution in [3.8, 4) is 11.5 Å². The van der Waals surface area contributed by atoms with Gasteiger partial charge in [-0.25, -0.2) is 4.39 Å². The van der Waals surface area contributed by atoms with Crippen molar-refractivity contribution in [3.05, 3.63) is 59.9 Å². The second kappa shape index (κ2) is 7.28. The number of methoxy groups -OCH3 is 1. The Labute approximate surface area is 122 Å². The molecule has 5 heteroatoms. The summed E-state index contributed by atoms with van der Waals surface area (Å²) < 4.78 is 23.3. The minimum absolute atomic E-state index is 0.194. The summed E-state index contributed by atoms with van der Waals surface area (Å²) in [6.07, 6.45) is 0. The van der Waals surface area contributed by atoms with Gasteiger partial charge in [-0.15, -0.1) is 0 Å². The summed E-state index contributed by atoms with van der Waals surface area (Å²) in [7, 11) is 1.57. The molecule has 0 unspecified atom stereocenters. The fraction of sp³-hybridized carbons (Fsp3) is 0.188. The quantitative estimate of drug-likeness (QED) is 0.832. The summed E-state index contributed by atoms with van der Waals surface area (Å²) in [4.78, 5) is 11.8. The van der Waals surface area contributed by atoms with E-state index >= 15 is 0 Å². The molecule has 1 amide bonds. The van der Waals surface area contributed by atoms with E-state index in [2.05, 4.69) is 5.32 Å². The van der Waals surface area contributed by atoms with E-state index in [1.165, 1.54) is 12.1 Å². The first-order chi connectivity index (χ1) is 10.2. The molecule has 0 aliphatic rings. The third-order valence-electron chi connectivity index (χ3n) is 2.80. The number of carbonyl (C=O) groups is 1. The molecule has 0 fully saturated rings. The number of ether oxygens (including phenoxy) is 2. The number of hydrogen-bond donors (Lipinski definition) is 1. The second-order valence-electron chi connectivity index (χ2n) is 4.29. The molecule has 0 aliphatic heterocycles. The van der Waals surface area contributed by atoms with Gasteiger partial charge in [0.1, 0.15) is 23.9 Å². The van der Waals surface area contributed by atoms with Crippen LogP contribution in [0.2, 0.25) is 0 Å². The fourth-order valence-corrected chi connectivity index (χ4v) is 1.73. The van der Waals surface area contributed by atoms with Gasteiger partial charge in [0.05, 0.1) is 13.7 Å². The smallest absolute Gasteiger partial charge is 0.251 e. The van der Waals surface area contributed by atoms with Gasteiger partial charge in [-0.3, -0.25) is 4.79 Å². The highest BCUT2D eigenvalue weighted by Crippen LogP contribution is 2.12. The maximum Gasteiger partial charge on any atom is 0.251 e. The van der Waals surface area contributed by atoms with Crippen molar-refractivity contribution in [2.45, 2.75) is 0 Å². The lowest BCUT2D eigenvalue weighted by molar-refractivity contribution is 0.0947. The number of amides is 1. The molecule has 21 heavy (non-hydrogen) atoms. The highest BCUT2D eigenvalue weighted by molar-refractivity contribution is 5.94. The number of halogens is 1. The maximum absolute atomic E-state index is 12.9. The van der Waals surface area contributed by atoms with Gasteiger partial charge in [0.2, 0.25) is 0 Å². The summed E-state index contributed by atoms with van der Waals surface area (Å²) >= 11 is 0. The summed E-state index contributed by atoms with van der Waals surface area (Å²) in [5, 5.41) is 2.72. The van der Waals surface area contributed by atoms with Crippen LogP contribution in [0.25, 0.3) is 0 Å². The largest absolute Gasteiger partial charge is 0.497 e. The van der Waals surface area contributed by atoms with E-state index < -0.39 is 0 Å². The van der Waals surface area contributed by atoms with Gasteiger partial charge in [-0.2, -0.15) is 0 Å². The third-order valence-corrected chi connectivity index (χ3v) is 2.80. The van der Waals surface area contributed by atoms with Crippen LogP contribution in [0.1, 0.15) is 10.4 Å². The first kappa shape index (κ1) is 14.8. The van der Waals surface area contributed by atoms with Crippen molar-refractivity contribution < 1.29 is 18.7 Å². The molecule has 0 bridgehead atoms. The van der Waals surface area contributed by atoms with Crippen LogP contribution in [0.5, 0.6) is 11.5 Å². The summed E-state index contributed by atoms with van der Waals surface area (Å²) in [5.74, 6) is 0.588. The zero-order valence-electron chi connectivity index (χ0n) is 11.6. The molecule has 0 saturated carbocycles. The molecule has 2 aromatic rings. The topological polar surface area (TPSA) is 47.6 Å². The van der Waals surface area contributed by atoms with Crippen LogP contribution in [0, 0.1) is 5.82 Å². The average Bonchev–Trinajstić information content (AvgIpc) is 2.51. The molecule has 0 aromatic heterocycles. The van der Waals surface area contributed by atoms with Crippen molar-refractivity contribution in [2.24, 2.45) is 0 Å². The molecule has 0 radical (unpaired) electrons. The van der Waals surface area contributed by atoms with E-state index in [0.717, 1.165) is 0 Å². The molecule has 0 heterocycles. The summed E-state index contributed by atoms with van der Waals surface area (Å²) in [5.41, 5.74) is 0.543. The normalized spacial score (nSPS) is 10.0. The van der Waals surface area contributed by atoms with Gasteiger partial charge in [0.15, 0.2) is 0 Å². The van der Waals surface area contributed by atoms with Crippen molar-refractivity contribution in [1.29, 1.82) is 0 Å². The van der Waals surface area contributed by atoms with Crippen LogP contribution >= 0.6 is 0 Å². The minimum atomic E-state index is -0.352. The van der Waals surface area contributed by atoms with E-state index in [9.17, 15) is 9.18 Å². The van der Waals surface area contributed by atoms with Gasteiger partial charge in [0, 0.05) is 11.6 Å². The molecular formula is C16H16FNO3. The molecule has 4 nitrogen and oxygen atoms in total. The van der Waals surface area contributed by atoms with Gasteiger partial charge in [0.25, 0.3) is 5.91 Å². The Morgan fingerprint density at radius 2 is 1.90 bits per heavy atom. The molecule has 2 aromatic carbocycles. The van der Waals surface area contributed by atoms with Crippen LogP contribution < -0.4 is 14.8 Å². The molecule has 0 aliphatic carbocycles. The van der Waals surface area contributed by atoms with Crippen LogP contribution in [-0.2, 0) is 0 Å². The van der Waals surface area contributed by atoms with Crippen LogP contribution in [0.15, 0.2) is 48.5 Å². The SMILES string of the molecule is COc1ccc(C(=O)NCCOc2cccc(F)c2)cc1. The Kier molecular flexibility index (Phi) is 5.15. The zero-order chi connectivity index (χ0) is 15.1. The van der Waals surface area contributed by atoms with E-state index in [4.69, 9.17) is 9.47 Å². The van der Waals surface area contributed by atoms with E-state index in [1.807, 2.05) is 0 Å². The lowest BCUT2D eigenvalue weighted by Gasteiger charge is -2.08. The summed E-state index contributed by atoms with van der Waals surface area (Å²) in [6.45, 7) is 0.604. The van der Waals surface area contributed by atoms with Crippen molar-refractivity contribution in [3.63, 3.8) is 0 Å². The van der Waals surface area contributed by atoms with Gasteiger partial charge in [-0.05, 0) is 36.4 Å². The molecule has 110 valence electrons. The molecule has 0 saturated heterocycles. The van der Waals surface area contributed by atoms with Gasteiger partial charge >= 0.3 is 0 Å². The molecule has 0 atom stereocenters. The Bertz CT molecular complexity index is 599. The monoisotopic (exact) mass is 289 g/mol. The Balaban J connectivity index is 1.76. The Morgan fingerprint density at radius 1 is 1.14 bits per heavy atom. The predicted octanol–water partition coefficient (Wildman–Crippen LogP) is 2.64. The first-order valence-electron chi connectivity index (χ1n) is 6.49. The molecular weight excluding hydrogens is 273 g/mol. The predicted molar refractivity (Wildman–Crippen MR) is 77.2 cm³/mol. The highest BCUT2D eigenvalue weighted by Gasteiger charge is 2.04. The number of rotatable bonds is 6. The standard InChI is InChI=1S/C16H16FNO3/c1-20-14-7-5-12(6-8-14)16(19)18-9-10-21-15-4-2-3-13(17)11-15/h2-8,11H,9-10H2,1H3,(H,18,19). The van der Waals surface area contributed by atoms with Crippen molar-refractivity contribution in [2.75, 3.05) is 20.3 Å². The van der Waals surface area contributed by atoms with Crippen molar-refractivity contribution >= 4 is 5.91 Å². The van der Waals surface area contributed by atoms with Crippen LogP contribution in [0.3, 0.4) is 0 Å². The van der Waals surface area contributed by atoms with Gasteiger partial charge < -0.3 is 14.8 Å². The number of benzene rings is 2. The van der Waals surface area contributed by atoms with Crippen LogP contribution in [-0.4, -0.2) is 26.2 Å². The highest BCUT2D eigenvalue weighted by atomic mass is 19.1. The van der Waals surface area contributed by atoms with E-state index in [-0.39, 0.29) is 18.3 Å².